The second kappa shape index (κ2) is 7.03. The Morgan fingerprint density at radius 2 is 1.04 bits per heavy atom. The van der Waals surface area contributed by atoms with Crippen molar-refractivity contribution in [2.45, 2.75) is 27.7 Å². The topological polar surface area (TPSA) is 65.6 Å². The van der Waals surface area contributed by atoms with Gasteiger partial charge >= 0.3 is 0 Å². The molecule has 0 radical (unpaired) electrons. The fourth-order valence-corrected chi connectivity index (χ4v) is 3.05. The smallest absolute Gasteiger partial charge is 0.225 e. The lowest BCUT2D eigenvalue weighted by Gasteiger charge is -2.11. The average molecular weight is 351 g/mol. The molecule has 0 saturated carbocycles. The molecular formula is C19H21N5S. The second-order valence-corrected chi connectivity index (χ2v) is 6.70. The van der Waals surface area contributed by atoms with Gasteiger partial charge in [-0.3, -0.25) is 4.98 Å². The molecule has 0 atom stereocenters. The fraction of sp³-hybridized carbons (Fsp3) is 0.211. The molecule has 3 rings (SSSR count). The minimum absolute atomic E-state index is 0.275. The Hall–Kier alpha value is -2.73. The molecule has 3 aromatic rings. The van der Waals surface area contributed by atoms with Crippen LogP contribution in [0.2, 0.25) is 0 Å². The Morgan fingerprint density at radius 1 is 0.680 bits per heavy atom. The molecule has 2 aromatic carbocycles. The van der Waals surface area contributed by atoms with Gasteiger partial charge in [-0.05, 0) is 86.4 Å². The quantitative estimate of drug-likeness (QED) is 0.560. The van der Waals surface area contributed by atoms with Crippen LogP contribution in [0.3, 0.4) is 0 Å². The molecule has 0 bridgehead atoms. The van der Waals surface area contributed by atoms with Crippen molar-refractivity contribution >= 4 is 35.5 Å². The summed E-state index contributed by atoms with van der Waals surface area (Å²) in [5.74, 6) is 1.11. The summed E-state index contributed by atoms with van der Waals surface area (Å²) < 4.78 is 0.275. The predicted molar refractivity (Wildman–Crippen MR) is 106 cm³/mol. The summed E-state index contributed by atoms with van der Waals surface area (Å²) in [6, 6.07) is 12.5. The molecule has 0 unspecified atom stereocenters. The molecule has 0 spiro atoms. The van der Waals surface area contributed by atoms with Crippen LogP contribution in [0.25, 0.3) is 0 Å². The lowest BCUT2D eigenvalue weighted by molar-refractivity contribution is 1.04. The van der Waals surface area contributed by atoms with Crippen molar-refractivity contribution in [3.05, 3.63) is 63.4 Å². The van der Waals surface area contributed by atoms with Gasteiger partial charge in [-0.2, -0.15) is 9.97 Å². The first-order chi connectivity index (χ1) is 11.9. The van der Waals surface area contributed by atoms with Crippen LogP contribution in [0.15, 0.2) is 36.4 Å². The molecule has 1 aromatic heterocycles. The molecule has 0 amide bonds. The van der Waals surface area contributed by atoms with E-state index in [1.54, 1.807) is 0 Å². The molecule has 0 aliphatic rings. The van der Waals surface area contributed by atoms with Gasteiger partial charge in [-0.25, -0.2) is 0 Å². The molecule has 128 valence electrons. The van der Waals surface area contributed by atoms with Crippen molar-refractivity contribution in [3.63, 3.8) is 0 Å². The third-order valence-corrected chi connectivity index (χ3v) is 3.80. The first-order valence-electron chi connectivity index (χ1n) is 8.06. The van der Waals surface area contributed by atoms with Crippen LogP contribution < -0.4 is 10.6 Å². The molecule has 0 fully saturated rings. The normalized spacial score (nSPS) is 10.6. The van der Waals surface area contributed by atoms with Gasteiger partial charge in [-0.15, -0.1) is 0 Å². The lowest BCUT2D eigenvalue weighted by atomic mass is 10.1. The highest BCUT2D eigenvalue weighted by molar-refractivity contribution is 7.71. The van der Waals surface area contributed by atoms with Crippen LogP contribution in [0.4, 0.5) is 23.3 Å². The van der Waals surface area contributed by atoms with E-state index in [1.807, 2.05) is 0 Å². The number of anilines is 4. The number of benzene rings is 2. The summed E-state index contributed by atoms with van der Waals surface area (Å²) >= 11 is 5.20. The predicted octanol–water partition coefficient (Wildman–Crippen LogP) is 5.26. The number of aromatic amines is 1. The zero-order valence-corrected chi connectivity index (χ0v) is 15.6. The molecule has 6 heteroatoms. The van der Waals surface area contributed by atoms with E-state index in [9.17, 15) is 0 Å². The minimum atomic E-state index is 0.275. The maximum Gasteiger partial charge on any atom is 0.225 e. The van der Waals surface area contributed by atoms with Crippen LogP contribution in [-0.2, 0) is 0 Å². The Labute approximate surface area is 152 Å². The molecular weight excluding hydrogens is 330 g/mol. The van der Waals surface area contributed by atoms with Gasteiger partial charge < -0.3 is 10.6 Å². The van der Waals surface area contributed by atoms with E-state index in [2.05, 4.69) is 89.7 Å². The van der Waals surface area contributed by atoms with Gasteiger partial charge in [0.2, 0.25) is 16.7 Å². The fourth-order valence-electron chi connectivity index (χ4n) is 2.87. The molecule has 5 nitrogen and oxygen atoms in total. The van der Waals surface area contributed by atoms with Crippen molar-refractivity contribution in [3.8, 4) is 0 Å². The standard InChI is InChI=1S/C19H21N5S/c1-11-5-12(2)8-15(7-11)20-17-22-18(24-19(25)23-17)21-16-9-13(3)6-14(4)10-16/h5-10H,1-4H3,(H3,20,21,22,23,24,25). The number of hydrogen-bond donors (Lipinski definition) is 3. The van der Waals surface area contributed by atoms with Gasteiger partial charge in [0.15, 0.2) is 0 Å². The highest BCUT2D eigenvalue weighted by atomic mass is 32.1. The van der Waals surface area contributed by atoms with E-state index in [0.29, 0.717) is 11.9 Å². The van der Waals surface area contributed by atoms with Gasteiger partial charge in [0.1, 0.15) is 0 Å². The first-order valence-corrected chi connectivity index (χ1v) is 8.47. The zero-order valence-electron chi connectivity index (χ0n) is 14.8. The number of H-pyrrole nitrogens is 1. The van der Waals surface area contributed by atoms with Crippen LogP contribution in [0, 0.1) is 32.5 Å². The molecule has 25 heavy (non-hydrogen) atoms. The van der Waals surface area contributed by atoms with Crippen LogP contribution >= 0.6 is 12.2 Å². The summed E-state index contributed by atoms with van der Waals surface area (Å²) in [5.41, 5.74) is 6.65. The lowest BCUT2D eigenvalue weighted by Crippen LogP contribution is -2.04. The van der Waals surface area contributed by atoms with E-state index in [1.165, 1.54) is 22.3 Å². The van der Waals surface area contributed by atoms with E-state index in [4.69, 9.17) is 12.2 Å². The number of aryl methyl sites for hydroxylation is 4. The minimum Gasteiger partial charge on any atom is -0.326 e. The maximum atomic E-state index is 5.20. The second-order valence-electron chi connectivity index (χ2n) is 6.33. The Kier molecular flexibility index (Phi) is 4.81. The highest BCUT2D eigenvalue weighted by Gasteiger charge is 2.04. The average Bonchev–Trinajstić information content (AvgIpc) is 2.43. The van der Waals surface area contributed by atoms with Crippen molar-refractivity contribution in [2.75, 3.05) is 10.6 Å². The van der Waals surface area contributed by atoms with Gasteiger partial charge in [0.25, 0.3) is 0 Å². The van der Waals surface area contributed by atoms with Crippen molar-refractivity contribution in [2.24, 2.45) is 0 Å². The van der Waals surface area contributed by atoms with Crippen LogP contribution in [0.1, 0.15) is 22.3 Å². The Bertz CT molecular complexity index is 863. The molecule has 0 aliphatic carbocycles. The van der Waals surface area contributed by atoms with Crippen LogP contribution in [-0.4, -0.2) is 15.0 Å². The number of nitrogens with zero attached hydrogens (tertiary/aromatic N) is 2. The van der Waals surface area contributed by atoms with Crippen LogP contribution in [0.5, 0.6) is 0 Å². The number of nitrogens with one attached hydrogen (secondary N) is 3. The summed E-state index contributed by atoms with van der Waals surface area (Å²) in [6.45, 7) is 8.25. The Morgan fingerprint density at radius 3 is 1.40 bits per heavy atom. The largest absolute Gasteiger partial charge is 0.326 e. The van der Waals surface area contributed by atoms with Crippen molar-refractivity contribution < 1.29 is 0 Å². The van der Waals surface area contributed by atoms with E-state index < -0.39 is 0 Å². The van der Waals surface area contributed by atoms with E-state index >= 15 is 0 Å². The summed E-state index contributed by atoms with van der Waals surface area (Å²) in [4.78, 5) is 11.7. The SMILES string of the molecule is Cc1cc(C)cc(Nc2nc(=S)nc(Nc3cc(C)cc(C)c3)[nH]2)c1. The molecule has 3 N–H and O–H groups in total. The van der Waals surface area contributed by atoms with Crippen molar-refractivity contribution in [1.82, 2.24) is 15.0 Å². The third-order valence-electron chi connectivity index (χ3n) is 3.62. The van der Waals surface area contributed by atoms with Gasteiger partial charge in [-0.1, -0.05) is 12.1 Å². The zero-order chi connectivity index (χ0) is 18.0. The van der Waals surface area contributed by atoms with Crippen molar-refractivity contribution in [1.29, 1.82) is 0 Å². The summed E-state index contributed by atoms with van der Waals surface area (Å²) in [5, 5.41) is 6.52. The first kappa shape index (κ1) is 17.1. The molecule has 1 heterocycles. The van der Waals surface area contributed by atoms with Gasteiger partial charge in [0.05, 0.1) is 0 Å². The summed E-state index contributed by atoms with van der Waals surface area (Å²) in [6.07, 6.45) is 0. The molecule has 0 saturated heterocycles. The summed E-state index contributed by atoms with van der Waals surface area (Å²) in [7, 11) is 0. The monoisotopic (exact) mass is 351 g/mol. The Balaban J connectivity index is 1.88. The molecule has 0 aliphatic heterocycles. The highest BCUT2D eigenvalue weighted by Crippen LogP contribution is 2.20. The van der Waals surface area contributed by atoms with Gasteiger partial charge in [0, 0.05) is 11.4 Å². The number of rotatable bonds is 4. The number of hydrogen-bond acceptors (Lipinski definition) is 5. The number of aromatic nitrogens is 3. The van der Waals surface area contributed by atoms with E-state index in [0.717, 1.165) is 11.4 Å². The third kappa shape index (κ3) is 4.64. The maximum absolute atomic E-state index is 5.20. The van der Waals surface area contributed by atoms with E-state index in [-0.39, 0.29) is 4.77 Å².